The molecule has 0 atom stereocenters. The molecule has 0 radical (unpaired) electrons. The maximum atomic E-state index is 11.6. The van der Waals surface area contributed by atoms with Crippen LogP contribution in [0, 0.1) is 5.92 Å². The Morgan fingerprint density at radius 2 is 2.20 bits per heavy atom. The van der Waals surface area contributed by atoms with Crippen molar-refractivity contribution >= 4 is 11.7 Å². The van der Waals surface area contributed by atoms with Crippen LogP contribution >= 0.6 is 0 Å². The molecule has 0 bridgehead atoms. The first-order chi connectivity index (χ1) is 9.74. The molecule has 1 aliphatic carbocycles. The van der Waals surface area contributed by atoms with Crippen LogP contribution in [0.2, 0.25) is 0 Å². The van der Waals surface area contributed by atoms with Crippen LogP contribution in [0.5, 0.6) is 0 Å². The van der Waals surface area contributed by atoms with Crippen LogP contribution in [0.4, 0.5) is 5.82 Å². The van der Waals surface area contributed by atoms with E-state index in [9.17, 15) is 4.79 Å². The lowest BCUT2D eigenvalue weighted by Crippen LogP contribution is -2.24. The summed E-state index contributed by atoms with van der Waals surface area (Å²) in [5.41, 5.74) is 7.96. The summed E-state index contributed by atoms with van der Waals surface area (Å²) >= 11 is 0. The van der Waals surface area contributed by atoms with Gasteiger partial charge in [0.2, 0.25) is 5.91 Å². The zero-order valence-electron chi connectivity index (χ0n) is 11.7. The van der Waals surface area contributed by atoms with Gasteiger partial charge in [-0.25, -0.2) is 15.4 Å². The highest BCUT2D eigenvalue weighted by Crippen LogP contribution is 2.27. The molecule has 0 aliphatic heterocycles. The zero-order valence-corrected chi connectivity index (χ0v) is 11.7. The molecule has 1 aliphatic rings. The molecule has 1 amide bonds. The number of hydroxylamine groups is 1. The molecule has 1 aromatic heterocycles. The number of rotatable bonds is 6. The summed E-state index contributed by atoms with van der Waals surface area (Å²) in [6, 6.07) is 1.60. The van der Waals surface area contributed by atoms with Crippen molar-refractivity contribution in [1.82, 2.24) is 15.4 Å². The molecule has 0 spiro atoms. The number of carbonyl (C=O) groups is 1. The molecular formula is C14H22N4O2. The molecule has 6 heteroatoms. The van der Waals surface area contributed by atoms with Crippen LogP contribution in [0.1, 0.15) is 50.8 Å². The molecule has 3 N–H and O–H groups in total. The summed E-state index contributed by atoms with van der Waals surface area (Å²) in [6.45, 7) is 0.125. The van der Waals surface area contributed by atoms with Crippen LogP contribution in [0.3, 0.4) is 0 Å². The lowest BCUT2D eigenvalue weighted by atomic mass is 9.86. The number of anilines is 1. The van der Waals surface area contributed by atoms with Crippen LogP contribution in [-0.4, -0.2) is 15.9 Å². The Bertz CT molecular complexity index is 433. The summed E-state index contributed by atoms with van der Waals surface area (Å²) in [5.74, 6) is 1.46. The van der Waals surface area contributed by atoms with E-state index >= 15 is 0 Å². The van der Waals surface area contributed by atoms with Gasteiger partial charge in [0.1, 0.15) is 12.4 Å². The van der Waals surface area contributed by atoms with E-state index in [1.165, 1.54) is 32.1 Å². The van der Waals surface area contributed by atoms with Gasteiger partial charge in [0.15, 0.2) is 5.82 Å². The number of carbonyl (C=O) groups excluding carboxylic acids is 1. The van der Waals surface area contributed by atoms with Crippen molar-refractivity contribution in [3.63, 3.8) is 0 Å². The van der Waals surface area contributed by atoms with Crippen LogP contribution in [0.25, 0.3) is 0 Å². The summed E-state index contributed by atoms with van der Waals surface area (Å²) in [6.07, 6.45) is 9.48. The number of hydrogen-bond donors (Lipinski definition) is 2. The maximum absolute atomic E-state index is 11.6. The Balaban J connectivity index is 1.60. The van der Waals surface area contributed by atoms with E-state index in [0.29, 0.717) is 24.0 Å². The van der Waals surface area contributed by atoms with Gasteiger partial charge in [-0.1, -0.05) is 32.1 Å². The molecule has 20 heavy (non-hydrogen) atoms. The second-order valence-corrected chi connectivity index (χ2v) is 5.25. The molecule has 0 saturated heterocycles. The van der Waals surface area contributed by atoms with Gasteiger partial charge in [-0.2, -0.15) is 0 Å². The van der Waals surface area contributed by atoms with Crippen molar-refractivity contribution in [3.8, 4) is 0 Å². The summed E-state index contributed by atoms with van der Waals surface area (Å²) in [4.78, 5) is 24.7. The minimum Gasteiger partial charge on any atom is -0.384 e. The van der Waals surface area contributed by atoms with Crippen molar-refractivity contribution in [2.45, 2.75) is 51.6 Å². The van der Waals surface area contributed by atoms with E-state index in [4.69, 9.17) is 10.6 Å². The van der Waals surface area contributed by atoms with Crippen molar-refractivity contribution in [2.75, 3.05) is 5.73 Å². The van der Waals surface area contributed by atoms with E-state index < -0.39 is 0 Å². The normalized spacial score (nSPS) is 16.0. The summed E-state index contributed by atoms with van der Waals surface area (Å²) in [5, 5.41) is 0. The summed E-state index contributed by atoms with van der Waals surface area (Å²) in [7, 11) is 0. The van der Waals surface area contributed by atoms with Crippen LogP contribution in [-0.2, 0) is 16.2 Å². The van der Waals surface area contributed by atoms with Crippen molar-refractivity contribution in [3.05, 3.63) is 18.1 Å². The first-order valence-corrected chi connectivity index (χ1v) is 7.22. The van der Waals surface area contributed by atoms with Gasteiger partial charge in [-0.3, -0.25) is 9.63 Å². The van der Waals surface area contributed by atoms with Crippen molar-refractivity contribution in [2.24, 2.45) is 5.92 Å². The van der Waals surface area contributed by atoms with Gasteiger partial charge in [0.05, 0.1) is 0 Å². The topological polar surface area (TPSA) is 90.1 Å². The fourth-order valence-electron chi connectivity index (χ4n) is 2.53. The second-order valence-electron chi connectivity index (χ2n) is 5.25. The Labute approximate surface area is 119 Å². The number of nitrogens with one attached hydrogen (secondary N) is 1. The molecule has 0 unspecified atom stereocenters. The summed E-state index contributed by atoms with van der Waals surface area (Å²) < 4.78 is 0. The van der Waals surface area contributed by atoms with Gasteiger partial charge in [-0.05, 0) is 18.4 Å². The van der Waals surface area contributed by atoms with Crippen molar-refractivity contribution in [1.29, 1.82) is 0 Å². The Morgan fingerprint density at radius 1 is 1.40 bits per heavy atom. The van der Waals surface area contributed by atoms with E-state index in [1.807, 2.05) is 0 Å². The highest BCUT2D eigenvalue weighted by molar-refractivity contribution is 5.74. The predicted octanol–water partition coefficient (Wildman–Crippen LogP) is 1.97. The number of amides is 1. The third-order valence-electron chi connectivity index (χ3n) is 3.62. The number of hydrogen-bond acceptors (Lipinski definition) is 5. The first-order valence-electron chi connectivity index (χ1n) is 7.22. The standard InChI is InChI=1S/C14H22N4O2/c15-12-8-9-16-13(17-12)10-20-18-14(19)7-6-11-4-2-1-3-5-11/h8-9,11H,1-7,10H2,(H,18,19)(H2,15,16,17). The third-order valence-corrected chi connectivity index (χ3v) is 3.62. The fourth-order valence-corrected chi connectivity index (χ4v) is 2.53. The average Bonchev–Trinajstić information content (AvgIpc) is 2.46. The minimum absolute atomic E-state index is 0.0838. The number of nitrogen functional groups attached to an aromatic ring is 1. The van der Waals surface area contributed by atoms with E-state index in [0.717, 1.165) is 6.42 Å². The SMILES string of the molecule is Nc1ccnc(CONC(=O)CCC2CCCCC2)n1. The van der Waals surface area contributed by atoms with Gasteiger partial charge in [-0.15, -0.1) is 0 Å². The maximum Gasteiger partial charge on any atom is 0.243 e. The lowest BCUT2D eigenvalue weighted by Gasteiger charge is -2.20. The highest BCUT2D eigenvalue weighted by Gasteiger charge is 2.14. The first kappa shape index (κ1) is 14.7. The van der Waals surface area contributed by atoms with E-state index in [-0.39, 0.29) is 12.5 Å². The molecule has 6 nitrogen and oxygen atoms in total. The Morgan fingerprint density at radius 3 is 2.95 bits per heavy atom. The molecule has 1 heterocycles. The lowest BCUT2D eigenvalue weighted by molar-refractivity contribution is -0.135. The van der Waals surface area contributed by atoms with E-state index in [1.54, 1.807) is 12.3 Å². The second kappa shape index (κ2) is 7.79. The van der Waals surface area contributed by atoms with Gasteiger partial charge in [0.25, 0.3) is 0 Å². The smallest absolute Gasteiger partial charge is 0.243 e. The quantitative estimate of drug-likeness (QED) is 0.776. The zero-order chi connectivity index (χ0) is 14.2. The van der Waals surface area contributed by atoms with Crippen molar-refractivity contribution < 1.29 is 9.63 Å². The fraction of sp³-hybridized carbons (Fsp3) is 0.643. The molecule has 0 aromatic carbocycles. The minimum atomic E-state index is -0.0838. The van der Waals surface area contributed by atoms with Crippen LogP contribution in [0.15, 0.2) is 12.3 Å². The Hall–Kier alpha value is -1.69. The average molecular weight is 278 g/mol. The molecule has 110 valence electrons. The van der Waals surface area contributed by atoms with Gasteiger partial charge in [0, 0.05) is 12.6 Å². The number of nitrogens with two attached hydrogens (primary N) is 1. The molecule has 1 aromatic rings. The predicted molar refractivity (Wildman–Crippen MR) is 75.2 cm³/mol. The number of aromatic nitrogens is 2. The van der Waals surface area contributed by atoms with Gasteiger partial charge >= 0.3 is 0 Å². The Kier molecular flexibility index (Phi) is 5.73. The molecule has 1 saturated carbocycles. The van der Waals surface area contributed by atoms with Crippen LogP contribution < -0.4 is 11.2 Å². The molecule has 1 fully saturated rings. The number of nitrogens with zero attached hydrogens (tertiary/aromatic N) is 2. The highest BCUT2D eigenvalue weighted by atomic mass is 16.7. The van der Waals surface area contributed by atoms with E-state index in [2.05, 4.69) is 15.4 Å². The molecule has 2 rings (SSSR count). The monoisotopic (exact) mass is 278 g/mol. The molecular weight excluding hydrogens is 256 g/mol. The largest absolute Gasteiger partial charge is 0.384 e. The van der Waals surface area contributed by atoms with Gasteiger partial charge < -0.3 is 5.73 Å². The third kappa shape index (κ3) is 5.13.